The van der Waals surface area contributed by atoms with E-state index in [9.17, 15) is 9.18 Å². The van der Waals surface area contributed by atoms with Crippen LogP contribution in [-0.4, -0.2) is 48.2 Å². The minimum atomic E-state index is -0.589. The van der Waals surface area contributed by atoms with Gasteiger partial charge in [0.1, 0.15) is 17.9 Å². The van der Waals surface area contributed by atoms with Crippen LogP contribution in [0.5, 0.6) is 17.2 Å². The molecule has 2 aromatic carbocycles. The number of aromatic nitrogens is 2. The van der Waals surface area contributed by atoms with Crippen LogP contribution < -0.4 is 15.2 Å². The minimum absolute atomic E-state index is 0.111. The summed E-state index contributed by atoms with van der Waals surface area (Å²) in [4.78, 5) is 11.6. The number of ether oxygens (including phenoxy) is 4. The van der Waals surface area contributed by atoms with Crippen LogP contribution in [-0.2, 0) is 16.5 Å². The highest BCUT2D eigenvalue weighted by atomic mass is 19.1. The van der Waals surface area contributed by atoms with Crippen molar-refractivity contribution in [3.8, 4) is 17.2 Å². The van der Waals surface area contributed by atoms with Gasteiger partial charge in [-0.3, -0.25) is 9.48 Å². The van der Waals surface area contributed by atoms with Crippen LogP contribution in [0.3, 0.4) is 0 Å². The molecule has 0 spiro atoms. The summed E-state index contributed by atoms with van der Waals surface area (Å²) < 4.78 is 38.5. The molecule has 164 valence electrons. The van der Waals surface area contributed by atoms with Crippen LogP contribution in [0.2, 0.25) is 0 Å². The maximum Gasteiger partial charge on any atom is 0.248 e. The van der Waals surface area contributed by atoms with Crippen LogP contribution in [0.4, 0.5) is 4.39 Å². The Morgan fingerprint density at radius 2 is 2.03 bits per heavy atom. The van der Waals surface area contributed by atoms with Crippen molar-refractivity contribution in [2.45, 2.75) is 18.9 Å². The van der Waals surface area contributed by atoms with Gasteiger partial charge in [-0.2, -0.15) is 5.10 Å². The number of fused-ring (bicyclic) bond motifs is 1. The predicted molar refractivity (Wildman–Crippen MR) is 111 cm³/mol. The summed E-state index contributed by atoms with van der Waals surface area (Å²) in [5.74, 6) is -0.430. The zero-order valence-electron chi connectivity index (χ0n) is 17.2. The first-order chi connectivity index (χ1) is 15.0. The first kappa shape index (κ1) is 21.1. The van der Waals surface area contributed by atoms with Gasteiger partial charge in [0.2, 0.25) is 5.91 Å². The zero-order valence-corrected chi connectivity index (χ0v) is 17.2. The highest BCUT2D eigenvalue weighted by Gasteiger charge is 2.16. The number of amides is 1. The van der Waals surface area contributed by atoms with Gasteiger partial charge in [-0.05, 0) is 37.1 Å². The second kappa shape index (κ2) is 9.32. The maximum atomic E-state index is 14.5. The second-order valence-electron chi connectivity index (χ2n) is 7.27. The molecule has 3 aromatic rings. The fraction of sp³-hybridized carbons (Fsp3) is 0.364. The molecule has 1 aromatic heterocycles. The standard InChI is InChI=1S/C22H24FN3O5/c1-26-21-15(13-25-26)10-14(22(24)27)11-20(21)31-17-2-3-19(18(23)12-17)30-9-8-29-16-4-6-28-7-5-16/h2-3,10-13,16H,4-9H2,1H3,(H2,24,27). The Hall–Kier alpha value is -3.17. The SMILES string of the molecule is Cn1ncc2cc(C(N)=O)cc(Oc3ccc(OCCOC4CCOCC4)c(F)c3)c21. The molecule has 31 heavy (non-hydrogen) atoms. The van der Waals surface area contributed by atoms with Gasteiger partial charge in [-0.25, -0.2) is 4.39 Å². The third kappa shape index (κ3) is 4.95. The number of carbonyl (C=O) groups is 1. The quantitative estimate of drug-likeness (QED) is 0.553. The molecule has 0 saturated carbocycles. The third-order valence-electron chi connectivity index (χ3n) is 5.08. The molecule has 1 aliphatic rings. The minimum Gasteiger partial charge on any atom is -0.488 e. The monoisotopic (exact) mass is 429 g/mol. The number of nitrogens with zero attached hydrogens (tertiary/aromatic N) is 2. The molecule has 2 heterocycles. The Morgan fingerprint density at radius 3 is 2.77 bits per heavy atom. The predicted octanol–water partition coefficient (Wildman–Crippen LogP) is 3.18. The molecule has 1 amide bonds. The summed E-state index contributed by atoms with van der Waals surface area (Å²) in [6.45, 7) is 2.02. The molecule has 0 aliphatic carbocycles. The summed E-state index contributed by atoms with van der Waals surface area (Å²) in [6.07, 6.45) is 3.50. The van der Waals surface area contributed by atoms with Gasteiger partial charge in [0.15, 0.2) is 17.3 Å². The molecule has 4 rings (SSSR count). The van der Waals surface area contributed by atoms with Gasteiger partial charge in [0, 0.05) is 37.3 Å². The molecular weight excluding hydrogens is 405 g/mol. The number of carbonyl (C=O) groups excluding carboxylic acids is 1. The van der Waals surface area contributed by atoms with Gasteiger partial charge in [-0.15, -0.1) is 0 Å². The van der Waals surface area contributed by atoms with E-state index in [-0.39, 0.29) is 29.8 Å². The van der Waals surface area contributed by atoms with E-state index in [1.165, 1.54) is 18.2 Å². The average Bonchev–Trinajstić information content (AvgIpc) is 3.14. The summed E-state index contributed by atoms with van der Waals surface area (Å²) >= 11 is 0. The molecule has 0 bridgehead atoms. The molecule has 1 fully saturated rings. The molecule has 0 unspecified atom stereocenters. The molecule has 1 saturated heterocycles. The van der Waals surface area contributed by atoms with E-state index in [2.05, 4.69) is 5.10 Å². The molecule has 0 radical (unpaired) electrons. The Bertz CT molecular complexity index is 1080. The number of halogens is 1. The first-order valence-corrected chi connectivity index (χ1v) is 10.1. The van der Waals surface area contributed by atoms with Crippen LogP contribution in [0.25, 0.3) is 10.9 Å². The van der Waals surface area contributed by atoms with E-state index < -0.39 is 11.7 Å². The summed E-state index contributed by atoms with van der Waals surface area (Å²) in [7, 11) is 1.75. The molecule has 2 N–H and O–H groups in total. The smallest absolute Gasteiger partial charge is 0.248 e. The number of benzene rings is 2. The van der Waals surface area contributed by atoms with E-state index in [4.69, 9.17) is 24.7 Å². The number of hydrogen-bond donors (Lipinski definition) is 1. The number of hydrogen-bond acceptors (Lipinski definition) is 6. The van der Waals surface area contributed by atoms with Crippen molar-refractivity contribution in [3.05, 3.63) is 47.9 Å². The van der Waals surface area contributed by atoms with Crippen molar-refractivity contribution in [1.82, 2.24) is 9.78 Å². The number of rotatable bonds is 8. The molecule has 9 heteroatoms. The molecule has 1 aliphatic heterocycles. The third-order valence-corrected chi connectivity index (χ3v) is 5.08. The molecule has 0 atom stereocenters. The fourth-order valence-electron chi connectivity index (χ4n) is 3.50. The van der Waals surface area contributed by atoms with E-state index in [1.54, 1.807) is 30.1 Å². The van der Waals surface area contributed by atoms with E-state index in [1.807, 2.05) is 0 Å². The van der Waals surface area contributed by atoms with E-state index in [0.717, 1.165) is 12.8 Å². The Balaban J connectivity index is 1.42. The van der Waals surface area contributed by atoms with Crippen molar-refractivity contribution in [2.75, 3.05) is 26.4 Å². The normalized spacial score (nSPS) is 14.6. The van der Waals surface area contributed by atoms with Gasteiger partial charge in [0.25, 0.3) is 0 Å². The molecule has 8 nitrogen and oxygen atoms in total. The van der Waals surface area contributed by atoms with Gasteiger partial charge < -0.3 is 24.7 Å². The van der Waals surface area contributed by atoms with Crippen LogP contribution in [0.1, 0.15) is 23.2 Å². The lowest BCUT2D eigenvalue weighted by Gasteiger charge is -2.22. The zero-order chi connectivity index (χ0) is 21.8. The largest absolute Gasteiger partial charge is 0.488 e. The van der Waals surface area contributed by atoms with Crippen molar-refractivity contribution in [2.24, 2.45) is 12.8 Å². The van der Waals surface area contributed by atoms with E-state index in [0.29, 0.717) is 36.5 Å². The van der Waals surface area contributed by atoms with Crippen molar-refractivity contribution in [1.29, 1.82) is 0 Å². The summed E-state index contributed by atoms with van der Waals surface area (Å²) in [5, 5.41) is 4.87. The Morgan fingerprint density at radius 1 is 1.23 bits per heavy atom. The van der Waals surface area contributed by atoms with Gasteiger partial charge in [0.05, 0.1) is 18.9 Å². The Labute approximate surface area is 178 Å². The lowest BCUT2D eigenvalue weighted by atomic mass is 10.1. The topological polar surface area (TPSA) is 97.8 Å². The second-order valence-corrected chi connectivity index (χ2v) is 7.27. The van der Waals surface area contributed by atoms with Crippen LogP contribution in [0, 0.1) is 5.82 Å². The average molecular weight is 429 g/mol. The number of primary amides is 1. The van der Waals surface area contributed by atoms with Gasteiger partial charge >= 0.3 is 0 Å². The van der Waals surface area contributed by atoms with Crippen molar-refractivity contribution < 1.29 is 28.1 Å². The number of nitrogens with two attached hydrogens (primary N) is 1. The lowest BCUT2D eigenvalue weighted by molar-refractivity contribution is -0.0390. The first-order valence-electron chi connectivity index (χ1n) is 10.1. The highest BCUT2D eigenvalue weighted by Crippen LogP contribution is 2.33. The van der Waals surface area contributed by atoms with Crippen LogP contribution >= 0.6 is 0 Å². The number of aryl methyl sites for hydroxylation is 1. The molecular formula is C22H24FN3O5. The van der Waals surface area contributed by atoms with Gasteiger partial charge in [-0.1, -0.05) is 0 Å². The van der Waals surface area contributed by atoms with Crippen molar-refractivity contribution >= 4 is 16.8 Å². The summed E-state index contributed by atoms with van der Waals surface area (Å²) in [5.41, 5.74) is 6.35. The lowest BCUT2D eigenvalue weighted by Crippen LogP contribution is -2.25. The maximum absolute atomic E-state index is 14.5. The fourth-order valence-corrected chi connectivity index (χ4v) is 3.50. The summed E-state index contributed by atoms with van der Waals surface area (Å²) in [6, 6.07) is 7.47. The van der Waals surface area contributed by atoms with Crippen LogP contribution in [0.15, 0.2) is 36.5 Å². The Kier molecular flexibility index (Phi) is 6.34. The highest BCUT2D eigenvalue weighted by molar-refractivity contribution is 5.99. The van der Waals surface area contributed by atoms with E-state index >= 15 is 0 Å². The van der Waals surface area contributed by atoms with Crippen molar-refractivity contribution in [3.63, 3.8) is 0 Å².